The molecule has 0 aromatic carbocycles. The van der Waals surface area contributed by atoms with Crippen molar-refractivity contribution < 1.29 is 9.84 Å². The molecule has 0 saturated carbocycles. The first-order valence-electron chi connectivity index (χ1n) is 5.57. The number of methoxy groups -OCH3 is 1. The van der Waals surface area contributed by atoms with Gasteiger partial charge in [0.15, 0.2) is 0 Å². The molecule has 1 fully saturated rings. The average Bonchev–Trinajstić information content (AvgIpc) is 2.86. The van der Waals surface area contributed by atoms with E-state index in [4.69, 9.17) is 4.74 Å². The predicted octanol–water partition coefficient (Wildman–Crippen LogP) is -0.0511. The summed E-state index contributed by atoms with van der Waals surface area (Å²) in [4.78, 5) is 6.41. The second-order valence-electron chi connectivity index (χ2n) is 4.13. The number of aliphatic hydroxyl groups excluding tert-OH is 1. The Labute approximate surface area is 94.6 Å². The molecule has 0 spiro atoms. The van der Waals surface area contributed by atoms with Gasteiger partial charge in [0.05, 0.1) is 18.8 Å². The van der Waals surface area contributed by atoms with Crippen LogP contribution in [-0.2, 0) is 4.74 Å². The maximum atomic E-state index is 9.71. The molecular weight excluding hydrogens is 208 g/mol. The van der Waals surface area contributed by atoms with Crippen LogP contribution in [0.1, 0.15) is 24.7 Å². The lowest BCUT2D eigenvalue weighted by atomic mass is 10.2. The van der Waals surface area contributed by atoms with Crippen molar-refractivity contribution in [2.45, 2.75) is 25.0 Å². The van der Waals surface area contributed by atoms with Gasteiger partial charge in [-0.3, -0.25) is 10.00 Å². The van der Waals surface area contributed by atoms with Crippen molar-refractivity contribution in [3.8, 4) is 0 Å². The summed E-state index contributed by atoms with van der Waals surface area (Å²) < 4.78 is 4.93. The van der Waals surface area contributed by atoms with Gasteiger partial charge in [-0.2, -0.15) is 5.10 Å². The Morgan fingerprint density at radius 2 is 2.62 bits per heavy atom. The van der Waals surface area contributed by atoms with Crippen LogP contribution in [0.15, 0.2) is 6.33 Å². The second kappa shape index (κ2) is 5.38. The molecule has 0 bridgehead atoms. The number of aromatic nitrogens is 3. The first kappa shape index (κ1) is 11.5. The Morgan fingerprint density at radius 3 is 3.31 bits per heavy atom. The standard InChI is InChI=1S/C10H18N4O2/c1-16-6-8(15)5-14-4-2-3-9(14)10-11-7-12-13-10/h7-9,15H,2-6H2,1H3,(H,11,12,13)/t8?,9-/m0/s1. The van der Waals surface area contributed by atoms with Crippen molar-refractivity contribution in [3.05, 3.63) is 12.2 Å². The monoisotopic (exact) mass is 226 g/mol. The van der Waals surface area contributed by atoms with Crippen LogP contribution in [0.2, 0.25) is 0 Å². The van der Waals surface area contributed by atoms with E-state index in [-0.39, 0.29) is 6.04 Å². The summed E-state index contributed by atoms with van der Waals surface area (Å²) in [6.45, 7) is 1.99. The average molecular weight is 226 g/mol. The lowest BCUT2D eigenvalue weighted by Gasteiger charge is -2.24. The van der Waals surface area contributed by atoms with E-state index in [1.165, 1.54) is 6.33 Å². The fraction of sp³-hybridized carbons (Fsp3) is 0.800. The molecular formula is C10H18N4O2. The van der Waals surface area contributed by atoms with Crippen LogP contribution in [0.3, 0.4) is 0 Å². The number of rotatable bonds is 5. The highest BCUT2D eigenvalue weighted by atomic mass is 16.5. The molecule has 0 radical (unpaired) electrons. The van der Waals surface area contributed by atoms with E-state index in [0.29, 0.717) is 13.2 Å². The summed E-state index contributed by atoms with van der Waals surface area (Å²) in [7, 11) is 1.60. The van der Waals surface area contributed by atoms with Crippen molar-refractivity contribution in [3.63, 3.8) is 0 Å². The molecule has 1 aromatic heterocycles. The fourth-order valence-corrected chi connectivity index (χ4v) is 2.25. The Balaban J connectivity index is 1.93. The lowest BCUT2D eigenvalue weighted by Crippen LogP contribution is -2.34. The van der Waals surface area contributed by atoms with Gasteiger partial charge in [0.25, 0.3) is 0 Å². The van der Waals surface area contributed by atoms with Gasteiger partial charge in [0, 0.05) is 13.7 Å². The predicted molar refractivity (Wildman–Crippen MR) is 57.8 cm³/mol. The molecule has 2 atom stereocenters. The molecule has 2 N–H and O–H groups in total. The summed E-state index contributed by atoms with van der Waals surface area (Å²) in [5, 5.41) is 16.5. The number of aromatic amines is 1. The molecule has 1 aromatic rings. The van der Waals surface area contributed by atoms with Gasteiger partial charge < -0.3 is 9.84 Å². The Kier molecular flexibility index (Phi) is 3.87. The minimum atomic E-state index is -0.437. The third-order valence-corrected chi connectivity index (χ3v) is 2.92. The van der Waals surface area contributed by atoms with Crippen molar-refractivity contribution in [2.75, 3.05) is 26.8 Å². The van der Waals surface area contributed by atoms with Crippen LogP contribution in [-0.4, -0.2) is 58.1 Å². The minimum Gasteiger partial charge on any atom is -0.389 e. The summed E-state index contributed by atoms with van der Waals surface area (Å²) in [5.41, 5.74) is 0. The zero-order valence-electron chi connectivity index (χ0n) is 9.46. The summed E-state index contributed by atoms with van der Waals surface area (Å²) in [5.74, 6) is 0.891. The number of nitrogens with zero attached hydrogens (tertiary/aromatic N) is 3. The smallest absolute Gasteiger partial charge is 0.141 e. The van der Waals surface area contributed by atoms with Crippen molar-refractivity contribution >= 4 is 0 Å². The highest BCUT2D eigenvalue weighted by molar-refractivity contribution is 4.96. The fourth-order valence-electron chi connectivity index (χ4n) is 2.25. The molecule has 1 saturated heterocycles. The molecule has 0 aliphatic carbocycles. The number of H-pyrrole nitrogens is 1. The van der Waals surface area contributed by atoms with Crippen molar-refractivity contribution in [1.82, 2.24) is 20.1 Å². The van der Waals surface area contributed by atoms with Crippen molar-refractivity contribution in [2.24, 2.45) is 0 Å². The summed E-state index contributed by atoms with van der Waals surface area (Å²) >= 11 is 0. The maximum Gasteiger partial charge on any atom is 0.141 e. The number of likely N-dealkylation sites (tertiary alicyclic amines) is 1. The zero-order chi connectivity index (χ0) is 11.4. The molecule has 6 heteroatoms. The highest BCUT2D eigenvalue weighted by Gasteiger charge is 2.29. The van der Waals surface area contributed by atoms with Gasteiger partial charge in [-0.1, -0.05) is 0 Å². The number of β-amino-alcohol motifs (C(OH)–C–C–N with tert-alkyl or cyclic N) is 1. The maximum absolute atomic E-state index is 9.71. The molecule has 90 valence electrons. The number of hydrogen-bond acceptors (Lipinski definition) is 5. The normalized spacial score (nSPS) is 23.8. The van der Waals surface area contributed by atoms with Gasteiger partial charge >= 0.3 is 0 Å². The first-order valence-corrected chi connectivity index (χ1v) is 5.57. The molecule has 1 aliphatic heterocycles. The molecule has 1 aliphatic rings. The van der Waals surface area contributed by atoms with E-state index in [1.807, 2.05) is 0 Å². The summed E-state index contributed by atoms with van der Waals surface area (Å²) in [6, 6.07) is 0.258. The van der Waals surface area contributed by atoms with Gasteiger partial charge in [-0.15, -0.1) is 0 Å². The van der Waals surface area contributed by atoms with Crippen LogP contribution in [0.25, 0.3) is 0 Å². The highest BCUT2D eigenvalue weighted by Crippen LogP contribution is 2.29. The van der Waals surface area contributed by atoms with Gasteiger partial charge in [0.1, 0.15) is 12.2 Å². The molecule has 1 unspecified atom stereocenters. The second-order valence-corrected chi connectivity index (χ2v) is 4.13. The van der Waals surface area contributed by atoms with E-state index in [1.54, 1.807) is 7.11 Å². The molecule has 0 amide bonds. The Bertz CT molecular complexity index is 304. The van der Waals surface area contributed by atoms with Crippen LogP contribution in [0.5, 0.6) is 0 Å². The Hall–Kier alpha value is -0.980. The molecule has 2 rings (SSSR count). The van der Waals surface area contributed by atoms with Crippen LogP contribution >= 0.6 is 0 Å². The minimum absolute atomic E-state index is 0.258. The Morgan fingerprint density at radius 1 is 1.75 bits per heavy atom. The number of ether oxygens (including phenoxy) is 1. The third kappa shape index (κ3) is 2.58. The van der Waals surface area contributed by atoms with Gasteiger partial charge in [-0.05, 0) is 19.4 Å². The first-order chi connectivity index (χ1) is 7.81. The quantitative estimate of drug-likeness (QED) is 0.736. The van der Waals surface area contributed by atoms with Crippen LogP contribution < -0.4 is 0 Å². The van der Waals surface area contributed by atoms with Crippen molar-refractivity contribution in [1.29, 1.82) is 0 Å². The van der Waals surface area contributed by atoms with E-state index in [9.17, 15) is 5.11 Å². The summed E-state index contributed by atoms with van der Waals surface area (Å²) in [6.07, 6.45) is 3.28. The number of hydrogen-bond donors (Lipinski definition) is 2. The molecule has 2 heterocycles. The van der Waals surface area contributed by atoms with E-state index in [2.05, 4.69) is 20.1 Å². The number of aliphatic hydroxyl groups is 1. The van der Waals surface area contributed by atoms with Gasteiger partial charge in [-0.25, -0.2) is 4.98 Å². The van der Waals surface area contributed by atoms with E-state index in [0.717, 1.165) is 25.2 Å². The molecule has 6 nitrogen and oxygen atoms in total. The van der Waals surface area contributed by atoms with E-state index >= 15 is 0 Å². The van der Waals surface area contributed by atoms with E-state index < -0.39 is 6.10 Å². The zero-order valence-corrected chi connectivity index (χ0v) is 9.46. The lowest BCUT2D eigenvalue weighted by molar-refractivity contribution is 0.0339. The number of nitrogens with one attached hydrogen (secondary N) is 1. The largest absolute Gasteiger partial charge is 0.389 e. The SMILES string of the molecule is COCC(O)CN1CCC[C@H]1c1ncn[nH]1. The molecule has 16 heavy (non-hydrogen) atoms. The van der Waals surface area contributed by atoms with Crippen LogP contribution in [0.4, 0.5) is 0 Å². The van der Waals surface area contributed by atoms with Gasteiger partial charge in [0.2, 0.25) is 0 Å². The van der Waals surface area contributed by atoms with Crippen LogP contribution in [0, 0.1) is 0 Å². The topological polar surface area (TPSA) is 74.3 Å². The third-order valence-electron chi connectivity index (χ3n) is 2.92.